The average Bonchev–Trinajstić information content (AvgIpc) is 3.04. The molecule has 5 heteroatoms. The molecule has 0 atom stereocenters. The fraction of sp³-hybridized carbons (Fsp3) is 0.571. The van der Waals surface area contributed by atoms with Gasteiger partial charge in [0.2, 0.25) is 0 Å². The van der Waals surface area contributed by atoms with Gasteiger partial charge in [0.15, 0.2) is 0 Å². The third kappa shape index (κ3) is 3.92. The second-order valence-electron chi connectivity index (χ2n) is 6.06. The van der Waals surface area contributed by atoms with Crippen molar-refractivity contribution >= 4 is 6.09 Å². The summed E-state index contributed by atoms with van der Waals surface area (Å²) in [5, 5.41) is 2.72. The Hall–Kier alpha value is -1.62. The summed E-state index contributed by atoms with van der Waals surface area (Å²) in [5.41, 5.74) is 7.25. The number of rotatable bonds is 3. The van der Waals surface area contributed by atoms with Gasteiger partial charge in [0.1, 0.15) is 5.60 Å². The number of alkyl carbamates (subject to hydrolysis) is 1. The Kier molecular flexibility index (Phi) is 3.49. The van der Waals surface area contributed by atoms with Crippen molar-refractivity contribution in [1.29, 1.82) is 0 Å². The SMILES string of the molecule is CC(C)(C)OC(=O)NCc1ccnc(C2(N)CC2)c1. The highest BCUT2D eigenvalue weighted by Gasteiger charge is 2.41. The summed E-state index contributed by atoms with van der Waals surface area (Å²) in [6.45, 7) is 5.92. The van der Waals surface area contributed by atoms with Crippen molar-refractivity contribution in [3.05, 3.63) is 29.6 Å². The van der Waals surface area contributed by atoms with Crippen molar-refractivity contribution in [3.63, 3.8) is 0 Å². The van der Waals surface area contributed by atoms with Crippen LogP contribution in [-0.2, 0) is 16.8 Å². The molecule has 1 aliphatic rings. The van der Waals surface area contributed by atoms with E-state index in [2.05, 4.69) is 10.3 Å². The second kappa shape index (κ2) is 4.81. The van der Waals surface area contributed by atoms with Gasteiger partial charge in [0.25, 0.3) is 0 Å². The first-order valence-electron chi connectivity index (χ1n) is 6.50. The number of hydrogen-bond donors (Lipinski definition) is 2. The molecular weight excluding hydrogens is 242 g/mol. The standard InChI is InChI=1S/C14H21N3O2/c1-13(2,3)19-12(18)17-9-10-4-7-16-11(8-10)14(15)5-6-14/h4,7-8H,5-6,9,15H2,1-3H3,(H,17,18). The quantitative estimate of drug-likeness (QED) is 0.875. The van der Waals surface area contributed by atoms with Crippen LogP contribution < -0.4 is 11.1 Å². The molecule has 1 aromatic heterocycles. The summed E-state index contributed by atoms with van der Waals surface area (Å²) in [6.07, 6.45) is 3.26. The Labute approximate surface area is 113 Å². The molecule has 0 unspecified atom stereocenters. The van der Waals surface area contributed by atoms with Crippen molar-refractivity contribution in [2.45, 2.75) is 51.3 Å². The van der Waals surface area contributed by atoms with Gasteiger partial charge in [0, 0.05) is 12.7 Å². The number of amides is 1. The van der Waals surface area contributed by atoms with Crippen LogP contribution in [0, 0.1) is 0 Å². The lowest BCUT2D eigenvalue weighted by molar-refractivity contribution is 0.0523. The minimum Gasteiger partial charge on any atom is -0.444 e. The number of pyridine rings is 1. The van der Waals surface area contributed by atoms with Gasteiger partial charge < -0.3 is 15.8 Å². The Morgan fingerprint density at radius 1 is 1.53 bits per heavy atom. The molecule has 1 amide bonds. The first-order chi connectivity index (χ1) is 8.78. The summed E-state index contributed by atoms with van der Waals surface area (Å²) < 4.78 is 5.18. The summed E-state index contributed by atoms with van der Waals surface area (Å²) in [4.78, 5) is 15.8. The molecule has 0 aliphatic heterocycles. The molecular formula is C14H21N3O2. The topological polar surface area (TPSA) is 77.2 Å². The number of carbonyl (C=O) groups is 1. The molecule has 2 rings (SSSR count). The Morgan fingerprint density at radius 2 is 2.21 bits per heavy atom. The van der Waals surface area contributed by atoms with Crippen LogP contribution in [0.5, 0.6) is 0 Å². The number of ether oxygens (including phenoxy) is 1. The van der Waals surface area contributed by atoms with Gasteiger partial charge >= 0.3 is 6.09 Å². The normalized spacial score (nSPS) is 16.8. The van der Waals surface area contributed by atoms with E-state index >= 15 is 0 Å². The minimum atomic E-state index is -0.483. The molecule has 19 heavy (non-hydrogen) atoms. The molecule has 1 aliphatic carbocycles. The third-order valence-corrected chi connectivity index (χ3v) is 2.96. The Balaban J connectivity index is 1.91. The third-order valence-electron chi connectivity index (χ3n) is 2.96. The maximum Gasteiger partial charge on any atom is 0.407 e. The van der Waals surface area contributed by atoms with Crippen LogP contribution in [0.1, 0.15) is 44.9 Å². The monoisotopic (exact) mass is 263 g/mol. The maximum atomic E-state index is 11.6. The smallest absolute Gasteiger partial charge is 0.407 e. The van der Waals surface area contributed by atoms with Crippen LogP contribution in [0.15, 0.2) is 18.3 Å². The molecule has 1 heterocycles. The van der Waals surface area contributed by atoms with E-state index in [0.717, 1.165) is 24.1 Å². The van der Waals surface area contributed by atoms with Crippen molar-refractivity contribution < 1.29 is 9.53 Å². The molecule has 1 fully saturated rings. The molecule has 0 saturated heterocycles. The summed E-state index contributed by atoms with van der Waals surface area (Å²) in [6, 6.07) is 3.82. The number of aromatic nitrogens is 1. The van der Waals surface area contributed by atoms with Crippen molar-refractivity contribution in [3.8, 4) is 0 Å². The maximum absolute atomic E-state index is 11.6. The van der Waals surface area contributed by atoms with E-state index in [-0.39, 0.29) is 5.54 Å². The lowest BCUT2D eigenvalue weighted by atomic mass is 10.1. The summed E-state index contributed by atoms with van der Waals surface area (Å²) in [5.74, 6) is 0. The highest BCUT2D eigenvalue weighted by molar-refractivity contribution is 5.67. The summed E-state index contributed by atoms with van der Waals surface area (Å²) in [7, 11) is 0. The number of nitrogens with zero attached hydrogens (tertiary/aromatic N) is 1. The zero-order chi connectivity index (χ0) is 14.1. The lowest BCUT2D eigenvalue weighted by Crippen LogP contribution is -2.32. The number of hydrogen-bond acceptors (Lipinski definition) is 4. The van der Waals surface area contributed by atoms with E-state index in [1.54, 1.807) is 6.20 Å². The summed E-state index contributed by atoms with van der Waals surface area (Å²) >= 11 is 0. The van der Waals surface area contributed by atoms with Crippen LogP contribution in [0.3, 0.4) is 0 Å². The average molecular weight is 263 g/mol. The van der Waals surface area contributed by atoms with Crippen LogP contribution in [0.4, 0.5) is 4.79 Å². The first-order valence-corrected chi connectivity index (χ1v) is 6.50. The van der Waals surface area contributed by atoms with Crippen molar-refractivity contribution in [2.24, 2.45) is 5.73 Å². The predicted molar refractivity (Wildman–Crippen MR) is 72.4 cm³/mol. The van der Waals surface area contributed by atoms with Gasteiger partial charge in [-0.05, 0) is 51.3 Å². The second-order valence-corrected chi connectivity index (χ2v) is 6.06. The molecule has 0 aromatic carbocycles. The van der Waals surface area contributed by atoms with Crippen LogP contribution >= 0.6 is 0 Å². The molecule has 0 bridgehead atoms. The predicted octanol–water partition coefficient (Wildman–Crippen LogP) is 2.05. The van der Waals surface area contributed by atoms with Crippen LogP contribution in [0.25, 0.3) is 0 Å². The van der Waals surface area contributed by atoms with Gasteiger partial charge in [-0.2, -0.15) is 0 Å². The highest BCUT2D eigenvalue weighted by atomic mass is 16.6. The van der Waals surface area contributed by atoms with Crippen LogP contribution in [0.2, 0.25) is 0 Å². The fourth-order valence-corrected chi connectivity index (χ4v) is 1.74. The van der Waals surface area contributed by atoms with Gasteiger partial charge in [-0.1, -0.05) is 0 Å². The first kappa shape index (κ1) is 13.8. The zero-order valence-electron chi connectivity index (χ0n) is 11.7. The van der Waals surface area contributed by atoms with Gasteiger partial charge in [-0.3, -0.25) is 4.98 Å². The van der Waals surface area contributed by atoms with E-state index in [0.29, 0.717) is 6.54 Å². The largest absolute Gasteiger partial charge is 0.444 e. The van der Waals surface area contributed by atoms with Gasteiger partial charge in [-0.25, -0.2) is 4.79 Å². The molecule has 3 N–H and O–H groups in total. The van der Waals surface area contributed by atoms with Gasteiger partial charge in [0.05, 0.1) is 11.2 Å². The molecule has 1 saturated carbocycles. The number of nitrogens with one attached hydrogen (secondary N) is 1. The van der Waals surface area contributed by atoms with E-state index in [1.807, 2.05) is 32.9 Å². The van der Waals surface area contributed by atoms with Crippen LogP contribution in [-0.4, -0.2) is 16.7 Å². The van der Waals surface area contributed by atoms with E-state index in [9.17, 15) is 4.79 Å². The number of nitrogens with two attached hydrogens (primary N) is 1. The molecule has 0 spiro atoms. The molecule has 1 aromatic rings. The molecule has 0 radical (unpaired) electrons. The van der Waals surface area contributed by atoms with E-state index < -0.39 is 11.7 Å². The highest BCUT2D eigenvalue weighted by Crippen LogP contribution is 2.41. The van der Waals surface area contributed by atoms with E-state index in [1.165, 1.54) is 0 Å². The Morgan fingerprint density at radius 3 is 2.79 bits per heavy atom. The zero-order valence-corrected chi connectivity index (χ0v) is 11.7. The van der Waals surface area contributed by atoms with Crippen molar-refractivity contribution in [1.82, 2.24) is 10.3 Å². The Bertz CT molecular complexity index is 476. The number of carbonyl (C=O) groups excluding carboxylic acids is 1. The lowest BCUT2D eigenvalue weighted by Gasteiger charge is -2.19. The van der Waals surface area contributed by atoms with Gasteiger partial charge in [-0.15, -0.1) is 0 Å². The minimum absolute atomic E-state index is 0.248. The van der Waals surface area contributed by atoms with Crippen molar-refractivity contribution in [2.75, 3.05) is 0 Å². The molecule has 5 nitrogen and oxygen atoms in total. The van der Waals surface area contributed by atoms with E-state index in [4.69, 9.17) is 10.5 Å². The molecule has 104 valence electrons. The fourth-order valence-electron chi connectivity index (χ4n) is 1.74.